The smallest absolute Gasteiger partial charge is 0.267 e. The van der Waals surface area contributed by atoms with E-state index in [2.05, 4.69) is 20.3 Å². The molecule has 9 heteroatoms. The van der Waals surface area contributed by atoms with E-state index in [0.29, 0.717) is 46.2 Å². The van der Waals surface area contributed by atoms with Gasteiger partial charge in [0.2, 0.25) is 0 Å². The van der Waals surface area contributed by atoms with Gasteiger partial charge in [0.1, 0.15) is 35.4 Å². The second-order valence-corrected chi connectivity index (χ2v) is 6.82. The number of rotatable bonds is 5. The summed E-state index contributed by atoms with van der Waals surface area (Å²) in [5.74, 6) is 0.992. The topological polar surface area (TPSA) is 123 Å². The van der Waals surface area contributed by atoms with Gasteiger partial charge in [-0.1, -0.05) is 35.9 Å². The Bertz CT molecular complexity index is 1330. The first-order valence-electron chi connectivity index (χ1n) is 9.10. The van der Waals surface area contributed by atoms with E-state index in [1.165, 1.54) is 6.33 Å². The SMILES string of the molecule is N#Cc1c(N)ncnc1NCCc1nc2cccc(Cl)c2c(=O)n1-c1ccccc1. The van der Waals surface area contributed by atoms with Crippen LogP contribution in [0.15, 0.2) is 59.7 Å². The minimum Gasteiger partial charge on any atom is -0.382 e. The number of hydrogen-bond donors (Lipinski definition) is 2. The van der Waals surface area contributed by atoms with Gasteiger partial charge in [-0.2, -0.15) is 5.26 Å². The van der Waals surface area contributed by atoms with E-state index < -0.39 is 0 Å². The van der Waals surface area contributed by atoms with E-state index in [-0.39, 0.29) is 16.9 Å². The fourth-order valence-electron chi connectivity index (χ4n) is 3.18. The minimum absolute atomic E-state index is 0.106. The molecule has 0 spiro atoms. The van der Waals surface area contributed by atoms with E-state index in [4.69, 9.17) is 17.3 Å². The summed E-state index contributed by atoms with van der Waals surface area (Å²) in [6, 6.07) is 16.4. The Morgan fingerprint density at radius 2 is 1.93 bits per heavy atom. The zero-order valence-corrected chi connectivity index (χ0v) is 16.5. The molecule has 4 rings (SSSR count). The van der Waals surface area contributed by atoms with Crippen LogP contribution in [0.5, 0.6) is 0 Å². The Labute approximate surface area is 176 Å². The number of nitrogens with two attached hydrogens (primary N) is 1. The summed E-state index contributed by atoms with van der Waals surface area (Å²) in [6.45, 7) is 0.372. The molecule has 0 radical (unpaired) electrons. The maximum atomic E-state index is 13.3. The summed E-state index contributed by atoms with van der Waals surface area (Å²) >= 11 is 6.28. The zero-order chi connectivity index (χ0) is 21.1. The van der Waals surface area contributed by atoms with Crippen molar-refractivity contribution >= 4 is 34.1 Å². The molecule has 2 aromatic carbocycles. The van der Waals surface area contributed by atoms with Gasteiger partial charge in [0.05, 0.1) is 21.6 Å². The third-order valence-corrected chi connectivity index (χ3v) is 4.88. The number of nitrogens with one attached hydrogen (secondary N) is 1. The largest absolute Gasteiger partial charge is 0.382 e. The van der Waals surface area contributed by atoms with Crippen LogP contribution in [-0.2, 0) is 6.42 Å². The van der Waals surface area contributed by atoms with E-state index in [9.17, 15) is 10.1 Å². The lowest BCUT2D eigenvalue weighted by molar-refractivity contribution is 0.809. The van der Waals surface area contributed by atoms with Crippen molar-refractivity contribution in [3.8, 4) is 11.8 Å². The van der Waals surface area contributed by atoms with E-state index in [1.54, 1.807) is 22.8 Å². The molecule has 0 atom stereocenters. The van der Waals surface area contributed by atoms with Crippen LogP contribution in [0.25, 0.3) is 16.6 Å². The van der Waals surface area contributed by atoms with Crippen molar-refractivity contribution in [3.63, 3.8) is 0 Å². The van der Waals surface area contributed by atoms with Crippen LogP contribution in [-0.4, -0.2) is 26.1 Å². The first-order chi connectivity index (χ1) is 14.6. The highest BCUT2D eigenvalue weighted by molar-refractivity contribution is 6.35. The van der Waals surface area contributed by atoms with Gasteiger partial charge in [0.25, 0.3) is 5.56 Å². The van der Waals surface area contributed by atoms with Crippen LogP contribution in [0.4, 0.5) is 11.6 Å². The van der Waals surface area contributed by atoms with Crippen molar-refractivity contribution in [1.82, 2.24) is 19.5 Å². The van der Waals surface area contributed by atoms with Crippen LogP contribution in [0.1, 0.15) is 11.4 Å². The lowest BCUT2D eigenvalue weighted by Crippen LogP contribution is -2.25. The van der Waals surface area contributed by atoms with Crippen LogP contribution < -0.4 is 16.6 Å². The molecule has 8 nitrogen and oxygen atoms in total. The molecule has 148 valence electrons. The predicted octanol–water partition coefficient (Wildman–Crippen LogP) is 2.94. The first kappa shape index (κ1) is 19.4. The van der Waals surface area contributed by atoms with Crippen LogP contribution >= 0.6 is 11.6 Å². The molecule has 0 aliphatic carbocycles. The lowest BCUT2D eigenvalue weighted by Gasteiger charge is -2.15. The average molecular weight is 418 g/mol. The number of fused-ring (bicyclic) bond motifs is 1. The molecule has 0 bridgehead atoms. The number of hydrogen-bond acceptors (Lipinski definition) is 7. The Morgan fingerprint density at radius 1 is 1.13 bits per heavy atom. The van der Waals surface area contributed by atoms with Crippen molar-refractivity contribution < 1.29 is 0 Å². The maximum absolute atomic E-state index is 13.3. The Hall–Kier alpha value is -3.96. The first-order valence-corrected chi connectivity index (χ1v) is 9.48. The average Bonchev–Trinajstić information content (AvgIpc) is 2.74. The number of nitrogens with zero attached hydrogens (tertiary/aromatic N) is 5. The number of anilines is 2. The molecule has 30 heavy (non-hydrogen) atoms. The number of aromatic nitrogens is 4. The van der Waals surface area contributed by atoms with Gasteiger partial charge in [-0.05, 0) is 24.3 Å². The van der Waals surface area contributed by atoms with Gasteiger partial charge in [-0.3, -0.25) is 9.36 Å². The summed E-state index contributed by atoms with van der Waals surface area (Å²) in [5, 5.41) is 13.1. The van der Waals surface area contributed by atoms with Crippen molar-refractivity contribution in [2.45, 2.75) is 6.42 Å². The number of benzene rings is 2. The standard InChI is InChI=1S/C21H16ClN7O/c22-15-7-4-8-16-18(15)21(30)29(13-5-2-1-3-6-13)17(28-16)9-10-25-20-14(11-23)19(24)26-12-27-20/h1-8,12H,9-10H2,(H3,24,25,26,27). The Balaban J connectivity index is 1.75. The number of nitrogen functional groups attached to an aromatic ring is 1. The minimum atomic E-state index is -0.240. The number of halogens is 1. The third kappa shape index (κ3) is 3.54. The third-order valence-electron chi connectivity index (χ3n) is 4.56. The van der Waals surface area contributed by atoms with Crippen LogP contribution in [0.3, 0.4) is 0 Å². The zero-order valence-electron chi connectivity index (χ0n) is 15.7. The summed E-state index contributed by atoms with van der Waals surface area (Å²) in [5.41, 5.74) is 6.88. The molecule has 0 amide bonds. The highest BCUT2D eigenvalue weighted by atomic mass is 35.5. The molecule has 0 fully saturated rings. The van der Waals surface area contributed by atoms with Crippen molar-refractivity contribution in [2.75, 3.05) is 17.6 Å². The van der Waals surface area contributed by atoms with E-state index >= 15 is 0 Å². The van der Waals surface area contributed by atoms with Crippen LogP contribution in [0, 0.1) is 11.3 Å². The normalized spacial score (nSPS) is 10.7. The van der Waals surface area contributed by atoms with Gasteiger partial charge in [-0.25, -0.2) is 15.0 Å². The van der Waals surface area contributed by atoms with Gasteiger partial charge in [0.15, 0.2) is 0 Å². The maximum Gasteiger partial charge on any atom is 0.267 e. The summed E-state index contributed by atoms with van der Waals surface area (Å²) in [4.78, 5) is 25.9. The monoisotopic (exact) mass is 417 g/mol. The molecule has 0 aliphatic rings. The van der Waals surface area contributed by atoms with Gasteiger partial charge >= 0.3 is 0 Å². The predicted molar refractivity (Wildman–Crippen MR) is 116 cm³/mol. The summed E-state index contributed by atoms with van der Waals surface area (Å²) < 4.78 is 1.55. The fourth-order valence-corrected chi connectivity index (χ4v) is 3.43. The molecule has 0 saturated heterocycles. The molecule has 2 aromatic heterocycles. The Kier molecular flexibility index (Phi) is 5.28. The second-order valence-electron chi connectivity index (χ2n) is 6.41. The highest BCUT2D eigenvalue weighted by Gasteiger charge is 2.15. The molecular weight excluding hydrogens is 402 g/mol. The van der Waals surface area contributed by atoms with E-state index in [0.717, 1.165) is 0 Å². The molecule has 3 N–H and O–H groups in total. The second kappa shape index (κ2) is 8.19. The van der Waals surface area contributed by atoms with Gasteiger partial charge < -0.3 is 11.1 Å². The highest BCUT2D eigenvalue weighted by Crippen LogP contribution is 2.21. The van der Waals surface area contributed by atoms with Gasteiger partial charge in [0, 0.05) is 13.0 Å². The molecule has 4 aromatic rings. The van der Waals surface area contributed by atoms with Crippen molar-refractivity contribution in [1.29, 1.82) is 5.26 Å². The quantitative estimate of drug-likeness (QED) is 0.511. The van der Waals surface area contributed by atoms with Crippen molar-refractivity contribution in [2.24, 2.45) is 0 Å². The van der Waals surface area contributed by atoms with Crippen molar-refractivity contribution in [3.05, 3.63) is 81.6 Å². The Morgan fingerprint density at radius 3 is 2.70 bits per heavy atom. The molecule has 0 unspecified atom stereocenters. The van der Waals surface area contributed by atoms with E-state index in [1.807, 2.05) is 36.4 Å². The summed E-state index contributed by atoms with van der Waals surface area (Å²) in [6.07, 6.45) is 1.68. The summed E-state index contributed by atoms with van der Waals surface area (Å²) in [7, 11) is 0. The lowest BCUT2D eigenvalue weighted by atomic mass is 10.2. The number of para-hydroxylation sites is 1. The van der Waals surface area contributed by atoms with Gasteiger partial charge in [-0.15, -0.1) is 0 Å². The molecular formula is C21H16ClN7O. The fraction of sp³-hybridized carbons (Fsp3) is 0.0952. The number of nitriles is 1. The molecule has 0 aliphatic heterocycles. The van der Waals surface area contributed by atoms with Crippen LogP contribution in [0.2, 0.25) is 5.02 Å². The molecule has 0 saturated carbocycles. The molecule has 2 heterocycles.